The van der Waals surface area contributed by atoms with Crippen LogP contribution in [0, 0.1) is 23.7 Å². The predicted molar refractivity (Wildman–Crippen MR) is 82.1 cm³/mol. The van der Waals surface area contributed by atoms with Crippen LogP contribution in [-0.4, -0.2) is 36.6 Å². The number of anilines is 1. The first-order valence-electron chi connectivity index (χ1n) is 8.42. The van der Waals surface area contributed by atoms with Crippen molar-refractivity contribution < 1.29 is 23.9 Å². The number of hydrogen-bond donors (Lipinski definition) is 0. The monoisotopic (exact) mass is 327 g/mol. The van der Waals surface area contributed by atoms with Gasteiger partial charge in [-0.2, -0.15) is 0 Å². The molecule has 2 bridgehead atoms. The molecule has 6 nitrogen and oxygen atoms in total. The van der Waals surface area contributed by atoms with Gasteiger partial charge in [-0.25, -0.2) is 4.79 Å². The molecule has 2 amide bonds. The van der Waals surface area contributed by atoms with Crippen LogP contribution < -0.4 is 4.90 Å². The maximum Gasteiger partial charge on any atom is 0.338 e. The molecule has 5 rings (SSSR count). The number of carbonyl (C=O) groups excluding carboxylic acids is 3. The van der Waals surface area contributed by atoms with Crippen molar-refractivity contribution in [3.63, 3.8) is 0 Å². The van der Waals surface area contributed by atoms with Gasteiger partial charge in [-0.3, -0.25) is 14.5 Å². The van der Waals surface area contributed by atoms with E-state index in [-0.39, 0.29) is 47.7 Å². The molecule has 1 aromatic rings. The number of nitrogens with zero attached hydrogens (tertiary/aromatic N) is 1. The minimum Gasteiger partial charge on any atom is -0.462 e. The van der Waals surface area contributed by atoms with Gasteiger partial charge in [0.15, 0.2) is 0 Å². The van der Waals surface area contributed by atoms with E-state index in [9.17, 15) is 14.4 Å². The summed E-state index contributed by atoms with van der Waals surface area (Å²) in [6, 6.07) is 6.47. The van der Waals surface area contributed by atoms with Gasteiger partial charge in [0, 0.05) is 11.8 Å². The molecule has 2 saturated heterocycles. The largest absolute Gasteiger partial charge is 0.462 e. The van der Waals surface area contributed by atoms with Crippen LogP contribution in [0.1, 0.15) is 23.7 Å². The van der Waals surface area contributed by atoms with Crippen molar-refractivity contribution in [3.8, 4) is 0 Å². The number of fused-ring (bicyclic) bond motifs is 8. The first kappa shape index (κ1) is 14.2. The van der Waals surface area contributed by atoms with Gasteiger partial charge in [0.2, 0.25) is 11.8 Å². The van der Waals surface area contributed by atoms with Crippen LogP contribution in [-0.2, 0) is 19.1 Å². The third-order valence-electron chi connectivity index (χ3n) is 5.91. The Morgan fingerprint density at radius 3 is 2.25 bits per heavy atom. The molecule has 4 fully saturated rings. The number of esters is 1. The summed E-state index contributed by atoms with van der Waals surface area (Å²) in [5.74, 6) is -0.691. The Morgan fingerprint density at radius 1 is 1.12 bits per heavy atom. The maximum absolute atomic E-state index is 12.8. The van der Waals surface area contributed by atoms with Gasteiger partial charge in [-0.15, -0.1) is 0 Å². The summed E-state index contributed by atoms with van der Waals surface area (Å²) in [6.07, 6.45) is 1.33. The molecule has 0 spiro atoms. The van der Waals surface area contributed by atoms with Gasteiger partial charge in [0.1, 0.15) is 0 Å². The van der Waals surface area contributed by atoms with Gasteiger partial charge in [0.25, 0.3) is 0 Å². The lowest BCUT2D eigenvalue weighted by Gasteiger charge is -2.18. The van der Waals surface area contributed by atoms with Crippen molar-refractivity contribution in [2.75, 3.05) is 11.5 Å². The summed E-state index contributed by atoms with van der Waals surface area (Å²) < 4.78 is 10.6. The van der Waals surface area contributed by atoms with E-state index in [1.54, 1.807) is 31.2 Å². The Morgan fingerprint density at radius 2 is 1.71 bits per heavy atom. The highest BCUT2D eigenvalue weighted by molar-refractivity contribution is 6.22. The fraction of sp³-hybridized carbons (Fsp3) is 0.500. The van der Waals surface area contributed by atoms with Crippen molar-refractivity contribution in [1.82, 2.24) is 0 Å². The Balaban J connectivity index is 1.43. The average molecular weight is 327 g/mol. The van der Waals surface area contributed by atoms with Crippen LogP contribution in [0.4, 0.5) is 5.69 Å². The molecule has 6 heteroatoms. The molecule has 2 saturated carbocycles. The molecular weight excluding hydrogens is 310 g/mol. The zero-order chi connectivity index (χ0) is 16.6. The van der Waals surface area contributed by atoms with Gasteiger partial charge in [0.05, 0.1) is 41.9 Å². The number of rotatable bonds is 3. The number of epoxide rings is 1. The molecule has 2 aliphatic carbocycles. The molecular formula is C18H17NO5. The summed E-state index contributed by atoms with van der Waals surface area (Å²) in [7, 11) is 0. The lowest BCUT2D eigenvalue weighted by atomic mass is 9.81. The number of benzene rings is 1. The fourth-order valence-corrected chi connectivity index (χ4v) is 4.94. The smallest absolute Gasteiger partial charge is 0.338 e. The first-order valence-corrected chi connectivity index (χ1v) is 8.42. The highest BCUT2D eigenvalue weighted by Crippen LogP contribution is 2.64. The number of ether oxygens (including phenoxy) is 2. The van der Waals surface area contributed by atoms with Crippen LogP contribution in [0.15, 0.2) is 24.3 Å². The number of carbonyl (C=O) groups is 3. The minimum absolute atomic E-state index is 0.115. The fourth-order valence-electron chi connectivity index (χ4n) is 4.94. The lowest BCUT2D eigenvalue weighted by Crippen LogP contribution is -2.33. The van der Waals surface area contributed by atoms with E-state index in [4.69, 9.17) is 9.47 Å². The van der Waals surface area contributed by atoms with E-state index < -0.39 is 5.97 Å². The van der Waals surface area contributed by atoms with Crippen LogP contribution >= 0.6 is 0 Å². The average Bonchev–Trinajstić information content (AvgIpc) is 3.09. The Bertz CT molecular complexity index is 725. The first-order chi connectivity index (χ1) is 11.6. The zero-order valence-electron chi connectivity index (χ0n) is 13.2. The van der Waals surface area contributed by atoms with Gasteiger partial charge in [-0.1, -0.05) is 0 Å². The molecule has 2 heterocycles. The van der Waals surface area contributed by atoms with E-state index in [0.717, 1.165) is 6.42 Å². The van der Waals surface area contributed by atoms with Crippen molar-refractivity contribution in [3.05, 3.63) is 29.8 Å². The third-order valence-corrected chi connectivity index (χ3v) is 5.91. The molecule has 24 heavy (non-hydrogen) atoms. The number of amides is 2. The highest BCUT2D eigenvalue weighted by Gasteiger charge is 2.73. The van der Waals surface area contributed by atoms with Gasteiger partial charge >= 0.3 is 5.97 Å². The zero-order valence-corrected chi connectivity index (χ0v) is 13.2. The standard InChI is InChI=1S/C18H17NO5/c1-2-23-18(22)8-3-5-9(6-4-8)19-16(20)12-10-7-11(13(12)17(19)21)15-14(10)24-15/h3-6,10-15H,2,7H2,1H3/t10-,11+,12-,13+,14-,15+. The van der Waals surface area contributed by atoms with Crippen molar-refractivity contribution in [2.24, 2.45) is 23.7 Å². The normalized spacial score (nSPS) is 38.3. The molecule has 0 radical (unpaired) electrons. The molecule has 6 atom stereocenters. The van der Waals surface area contributed by atoms with Crippen LogP contribution in [0.5, 0.6) is 0 Å². The SMILES string of the molecule is CCOC(=O)c1ccc(N2C(=O)[C@@H]3[C@H]4C[C@H]([C@@H]5O[C@H]45)[C@@H]3C2=O)cc1. The van der Waals surface area contributed by atoms with E-state index in [0.29, 0.717) is 17.9 Å². The van der Waals surface area contributed by atoms with Gasteiger partial charge in [-0.05, 0) is 37.6 Å². The van der Waals surface area contributed by atoms with Crippen LogP contribution in [0.2, 0.25) is 0 Å². The van der Waals surface area contributed by atoms with E-state index in [1.165, 1.54) is 4.90 Å². The van der Waals surface area contributed by atoms with Crippen molar-refractivity contribution in [2.45, 2.75) is 25.6 Å². The topological polar surface area (TPSA) is 76.2 Å². The molecule has 0 aromatic heterocycles. The second-order valence-corrected chi connectivity index (χ2v) is 6.96. The minimum atomic E-state index is -0.407. The Kier molecular flexibility index (Phi) is 2.75. The molecule has 2 aliphatic heterocycles. The maximum atomic E-state index is 12.8. The molecule has 0 unspecified atom stereocenters. The Labute approximate surface area is 138 Å². The summed E-state index contributed by atoms with van der Waals surface area (Å²) in [5, 5.41) is 0. The summed E-state index contributed by atoms with van der Waals surface area (Å²) in [6.45, 7) is 2.05. The summed E-state index contributed by atoms with van der Waals surface area (Å²) >= 11 is 0. The van der Waals surface area contributed by atoms with Gasteiger partial charge < -0.3 is 9.47 Å². The van der Waals surface area contributed by atoms with Crippen LogP contribution in [0.25, 0.3) is 0 Å². The van der Waals surface area contributed by atoms with E-state index in [1.807, 2.05) is 0 Å². The highest BCUT2D eigenvalue weighted by atomic mass is 16.6. The van der Waals surface area contributed by atoms with Crippen molar-refractivity contribution in [1.29, 1.82) is 0 Å². The van der Waals surface area contributed by atoms with E-state index in [2.05, 4.69) is 0 Å². The number of imide groups is 1. The van der Waals surface area contributed by atoms with Crippen LogP contribution in [0.3, 0.4) is 0 Å². The molecule has 1 aromatic carbocycles. The summed E-state index contributed by atoms with van der Waals surface area (Å²) in [5.41, 5.74) is 0.941. The second-order valence-electron chi connectivity index (χ2n) is 6.96. The third kappa shape index (κ3) is 1.66. The molecule has 4 aliphatic rings. The predicted octanol–water partition coefficient (Wildman–Crippen LogP) is 1.39. The molecule has 0 N–H and O–H groups in total. The molecule has 124 valence electrons. The van der Waals surface area contributed by atoms with E-state index >= 15 is 0 Å². The lowest BCUT2D eigenvalue weighted by molar-refractivity contribution is -0.123. The second kappa shape index (κ2) is 4.66. The quantitative estimate of drug-likeness (QED) is 0.476. The van der Waals surface area contributed by atoms with Crippen molar-refractivity contribution >= 4 is 23.5 Å². The Hall–Kier alpha value is -2.21. The number of hydrogen-bond acceptors (Lipinski definition) is 5. The summed E-state index contributed by atoms with van der Waals surface area (Å²) in [4.78, 5) is 38.7.